The largest absolute Gasteiger partial charge is 0.355 e. The number of nitrogens with zero attached hydrogens (tertiary/aromatic N) is 1. The maximum Gasteiger partial charge on any atom is 0.234 e. The quantitative estimate of drug-likeness (QED) is 0.770. The van der Waals surface area contributed by atoms with Crippen LogP contribution in [0.25, 0.3) is 0 Å². The van der Waals surface area contributed by atoms with Gasteiger partial charge in [-0.1, -0.05) is 25.1 Å². The molecule has 1 atom stereocenters. The number of rotatable bonds is 8. The number of carbonyl (C=O) groups excluding carboxylic acids is 2. The zero-order valence-corrected chi connectivity index (χ0v) is 14.9. The van der Waals surface area contributed by atoms with Gasteiger partial charge in [-0.3, -0.25) is 14.5 Å². The molecule has 5 nitrogen and oxygen atoms in total. The number of hydrogen-bond donors (Lipinski definition) is 2. The van der Waals surface area contributed by atoms with Crippen LogP contribution in [0.5, 0.6) is 0 Å². The van der Waals surface area contributed by atoms with Crippen LogP contribution in [0.2, 0.25) is 0 Å². The molecule has 2 N–H and O–H groups in total. The predicted octanol–water partition coefficient (Wildman–Crippen LogP) is 1.94. The molecule has 0 saturated carbocycles. The minimum Gasteiger partial charge on any atom is -0.355 e. The van der Waals surface area contributed by atoms with Crippen molar-refractivity contribution in [3.63, 3.8) is 0 Å². The lowest BCUT2D eigenvalue weighted by atomic mass is 10.0. The molecule has 1 aromatic rings. The molecule has 1 rings (SSSR count). The van der Waals surface area contributed by atoms with Gasteiger partial charge in [-0.2, -0.15) is 0 Å². The molecule has 2 amide bonds. The van der Waals surface area contributed by atoms with Gasteiger partial charge in [0.05, 0.1) is 19.1 Å². The average Bonchev–Trinajstić information content (AvgIpc) is 2.49. The molecule has 23 heavy (non-hydrogen) atoms. The summed E-state index contributed by atoms with van der Waals surface area (Å²) in [5, 5.41) is 5.75. The third-order valence-electron chi connectivity index (χ3n) is 3.96. The van der Waals surface area contributed by atoms with E-state index in [0.29, 0.717) is 13.1 Å². The first-order valence-corrected chi connectivity index (χ1v) is 8.22. The van der Waals surface area contributed by atoms with Gasteiger partial charge in [-0.15, -0.1) is 0 Å². The van der Waals surface area contributed by atoms with E-state index in [1.54, 1.807) is 0 Å². The molecule has 0 spiro atoms. The highest BCUT2D eigenvalue weighted by Gasteiger charge is 2.15. The first-order chi connectivity index (χ1) is 10.9. The second-order valence-corrected chi connectivity index (χ2v) is 5.89. The van der Waals surface area contributed by atoms with E-state index < -0.39 is 0 Å². The lowest BCUT2D eigenvalue weighted by Gasteiger charge is -2.21. The number of nitrogens with one attached hydrogen (secondary N) is 2. The number of hydrogen-bond acceptors (Lipinski definition) is 3. The van der Waals surface area contributed by atoms with E-state index in [-0.39, 0.29) is 30.9 Å². The van der Waals surface area contributed by atoms with Crippen molar-refractivity contribution in [2.24, 2.45) is 0 Å². The lowest BCUT2D eigenvalue weighted by Crippen LogP contribution is -2.43. The fourth-order valence-corrected chi connectivity index (χ4v) is 2.34. The van der Waals surface area contributed by atoms with Gasteiger partial charge >= 0.3 is 0 Å². The summed E-state index contributed by atoms with van der Waals surface area (Å²) in [7, 11) is 0. The van der Waals surface area contributed by atoms with E-state index in [2.05, 4.69) is 36.6 Å². The molecule has 0 aliphatic carbocycles. The maximum absolute atomic E-state index is 12.2. The van der Waals surface area contributed by atoms with E-state index >= 15 is 0 Å². The average molecular weight is 319 g/mol. The molecular weight excluding hydrogens is 290 g/mol. The molecule has 0 saturated heterocycles. The standard InChI is InChI=1S/C18H29N3O2/c1-6-19-17(22)11-21(7-2)12-18(23)20-15(5)16-9-8-13(3)14(4)10-16/h8-10,15H,6-7,11-12H2,1-5H3,(H,19,22)(H,20,23). The van der Waals surface area contributed by atoms with Crippen LogP contribution in [-0.4, -0.2) is 42.9 Å². The molecule has 5 heteroatoms. The Kier molecular flexibility index (Phi) is 7.75. The minimum atomic E-state index is -0.0677. The molecular formula is C18H29N3O2. The van der Waals surface area contributed by atoms with Gasteiger partial charge in [0.1, 0.15) is 0 Å². The molecule has 0 aliphatic rings. The molecule has 0 aromatic heterocycles. The van der Waals surface area contributed by atoms with Gasteiger partial charge < -0.3 is 10.6 Å². The van der Waals surface area contributed by atoms with E-state index in [0.717, 1.165) is 5.56 Å². The van der Waals surface area contributed by atoms with Gasteiger partial charge in [0, 0.05) is 6.54 Å². The van der Waals surface area contributed by atoms with Crippen molar-refractivity contribution in [2.45, 2.75) is 40.7 Å². The molecule has 0 aliphatic heterocycles. The van der Waals surface area contributed by atoms with Gasteiger partial charge in [-0.25, -0.2) is 0 Å². The topological polar surface area (TPSA) is 61.4 Å². The summed E-state index contributed by atoms with van der Waals surface area (Å²) in [6.45, 7) is 11.7. The van der Waals surface area contributed by atoms with Crippen molar-refractivity contribution in [3.8, 4) is 0 Å². The Hall–Kier alpha value is -1.88. The Bertz CT molecular complexity index is 543. The van der Waals surface area contributed by atoms with Crippen LogP contribution in [0, 0.1) is 13.8 Å². The van der Waals surface area contributed by atoms with Crippen molar-refractivity contribution in [1.29, 1.82) is 0 Å². The molecule has 1 aromatic carbocycles. The summed E-state index contributed by atoms with van der Waals surface area (Å²) >= 11 is 0. The second-order valence-electron chi connectivity index (χ2n) is 5.89. The maximum atomic E-state index is 12.2. The normalized spacial score (nSPS) is 12.1. The number of carbonyl (C=O) groups is 2. The Labute approximate surface area is 139 Å². The molecule has 0 fully saturated rings. The molecule has 128 valence electrons. The van der Waals surface area contributed by atoms with E-state index in [1.807, 2.05) is 31.7 Å². The first kappa shape index (κ1) is 19.2. The molecule has 0 bridgehead atoms. The summed E-state index contributed by atoms with van der Waals surface area (Å²) in [6, 6.07) is 6.16. The van der Waals surface area contributed by atoms with E-state index in [1.165, 1.54) is 11.1 Å². The molecule has 1 unspecified atom stereocenters. The predicted molar refractivity (Wildman–Crippen MR) is 93.3 cm³/mol. The van der Waals surface area contributed by atoms with Gasteiger partial charge in [0.25, 0.3) is 0 Å². The van der Waals surface area contributed by atoms with Crippen LogP contribution in [0.15, 0.2) is 18.2 Å². The van der Waals surface area contributed by atoms with Crippen molar-refractivity contribution < 1.29 is 9.59 Å². The third kappa shape index (κ3) is 6.40. The second kappa shape index (κ2) is 9.30. The van der Waals surface area contributed by atoms with Crippen LogP contribution < -0.4 is 10.6 Å². The fraction of sp³-hybridized carbons (Fsp3) is 0.556. The van der Waals surface area contributed by atoms with Crippen LogP contribution in [0.3, 0.4) is 0 Å². The van der Waals surface area contributed by atoms with E-state index in [9.17, 15) is 9.59 Å². The highest BCUT2D eigenvalue weighted by atomic mass is 16.2. The van der Waals surface area contributed by atoms with Crippen LogP contribution in [0.1, 0.15) is 43.5 Å². The summed E-state index contributed by atoms with van der Waals surface area (Å²) in [4.78, 5) is 25.7. The first-order valence-electron chi connectivity index (χ1n) is 8.22. The van der Waals surface area contributed by atoms with Crippen LogP contribution in [0.4, 0.5) is 0 Å². The summed E-state index contributed by atoms with van der Waals surface area (Å²) < 4.78 is 0. The van der Waals surface area contributed by atoms with Crippen molar-refractivity contribution in [1.82, 2.24) is 15.5 Å². The smallest absolute Gasteiger partial charge is 0.234 e. The van der Waals surface area contributed by atoms with Gasteiger partial charge in [-0.05, 0) is 50.9 Å². The Morgan fingerprint density at radius 1 is 1.09 bits per heavy atom. The Balaban J connectivity index is 2.56. The van der Waals surface area contributed by atoms with Crippen molar-refractivity contribution in [2.75, 3.05) is 26.2 Å². The molecule has 0 radical (unpaired) electrons. The lowest BCUT2D eigenvalue weighted by molar-refractivity contribution is -0.125. The van der Waals surface area contributed by atoms with Crippen LogP contribution >= 0.6 is 0 Å². The van der Waals surface area contributed by atoms with Crippen molar-refractivity contribution >= 4 is 11.8 Å². The summed E-state index contributed by atoms with van der Waals surface area (Å²) in [5.74, 6) is -0.119. The highest BCUT2D eigenvalue weighted by molar-refractivity contribution is 5.81. The minimum absolute atomic E-state index is 0.0509. The SMILES string of the molecule is CCNC(=O)CN(CC)CC(=O)NC(C)c1ccc(C)c(C)c1. The van der Waals surface area contributed by atoms with E-state index in [4.69, 9.17) is 0 Å². The Morgan fingerprint density at radius 2 is 1.74 bits per heavy atom. The summed E-state index contributed by atoms with van der Waals surface area (Å²) in [5.41, 5.74) is 3.55. The third-order valence-corrected chi connectivity index (χ3v) is 3.96. The monoisotopic (exact) mass is 319 g/mol. The highest BCUT2D eigenvalue weighted by Crippen LogP contribution is 2.16. The van der Waals surface area contributed by atoms with Crippen LogP contribution in [-0.2, 0) is 9.59 Å². The Morgan fingerprint density at radius 3 is 2.30 bits per heavy atom. The fourth-order valence-electron chi connectivity index (χ4n) is 2.34. The zero-order valence-electron chi connectivity index (χ0n) is 14.9. The summed E-state index contributed by atoms with van der Waals surface area (Å²) in [6.07, 6.45) is 0. The number of amides is 2. The number of aryl methyl sites for hydroxylation is 2. The molecule has 0 heterocycles. The zero-order chi connectivity index (χ0) is 17.4. The number of likely N-dealkylation sites (N-methyl/N-ethyl adjacent to an activating group) is 2. The van der Waals surface area contributed by atoms with Crippen molar-refractivity contribution in [3.05, 3.63) is 34.9 Å². The van der Waals surface area contributed by atoms with Gasteiger partial charge in [0.2, 0.25) is 11.8 Å². The number of benzene rings is 1. The van der Waals surface area contributed by atoms with Gasteiger partial charge in [0.15, 0.2) is 0 Å².